The van der Waals surface area contributed by atoms with Crippen LogP contribution in [-0.4, -0.2) is 22.7 Å². The van der Waals surface area contributed by atoms with Crippen molar-refractivity contribution in [1.82, 2.24) is 10.1 Å². The van der Waals surface area contributed by atoms with Gasteiger partial charge in [0.05, 0.1) is 12.3 Å². The highest BCUT2D eigenvalue weighted by Crippen LogP contribution is 2.27. The van der Waals surface area contributed by atoms with Gasteiger partial charge in [0, 0.05) is 18.4 Å². The smallest absolute Gasteiger partial charge is 0.227 e. The van der Waals surface area contributed by atoms with Gasteiger partial charge in [-0.1, -0.05) is 59.8 Å². The zero-order chi connectivity index (χ0) is 20.1. The van der Waals surface area contributed by atoms with Crippen LogP contribution in [0.4, 0.5) is 5.69 Å². The number of nitrogens with one attached hydrogen (secondary N) is 1. The third kappa shape index (κ3) is 4.27. The van der Waals surface area contributed by atoms with Gasteiger partial charge >= 0.3 is 0 Å². The van der Waals surface area contributed by atoms with Crippen molar-refractivity contribution in [3.05, 3.63) is 72.6 Å². The summed E-state index contributed by atoms with van der Waals surface area (Å²) in [4.78, 5) is 16.8. The summed E-state index contributed by atoms with van der Waals surface area (Å²) in [5.74, 6) is 1.47. The molecule has 6 heteroatoms. The van der Waals surface area contributed by atoms with Crippen LogP contribution < -0.4 is 10.1 Å². The van der Waals surface area contributed by atoms with Gasteiger partial charge in [0.15, 0.2) is 0 Å². The number of ether oxygens (including phenoxy) is 1. The van der Waals surface area contributed by atoms with Crippen LogP contribution in [0.3, 0.4) is 0 Å². The van der Waals surface area contributed by atoms with E-state index in [9.17, 15) is 4.79 Å². The molecule has 4 aromatic rings. The van der Waals surface area contributed by atoms with Crippen molar-refractivity contribution in [3.63, 3.8) is 0 Å². The maximum atomic E-state index is 12.3. The molecule has 0 aliphatic heterocycles. The van der Waals surface area contributed by atoms with E-state index in [0.29, 0.717) is 36.2 Å². The number of carbonyl (C=O) groups excluding carboxylic acids is 1. The molecule has 0 spiro atoms. The van der Waals surface area contributed by atoms with E-state index in [4.69, 9.17) is 9.26 Å². The first-order valence-electron chi connectivity index (χ1n) is 9.57. The normalized spacial score (nSPS) is 10.8. The second-order valence-electron chi connectivity index (χ2n) is 6.52. The SMILES string of the molecule is CCOc1ccccc1NC(=O)CCc1nc(-c2cccc3ccccc23)no1. The van der Waals surface area contributed by atoms with Crippen molar-refractivity contribution < 1.29 is 14.1 Å². The topological polar surface area (TPSA) is 77.2 Å². The van der Waals surface area contributed by atoms with Crippen LogP contribution in [-0.2, 0) is 11.2 Å². The summed E-state index contributed by atoms with van der Waals surface area (Å²) in [6, 6.07) is 21.4. The van der Waals surface area contributed by atoms with E-state index >= 15 is 0 Å². The van der Waals surface area contributed by atoms with Crippen LogP contribution in [0.25, 0.3) is 22.2 Å². The quantitative estimate of drug-likeness (QED) is 0.490. The highest BCUT2D eigenvalue weighted by molar-refractivity contribution is 5.95. The van der Waals surface area contributed by atoms with Crippen molar-refractivity contribution in [1.29, 1.82) is 0 Å². The van der Waals surface area contributed by atoms with Crippen LogP contribution in [0.5, 0.6) is 5.75 Å². The van der Waals surface area contributed by atoms with Crippen LogP contribution in [0, 0.1) is 0 Å². The minimum absolute atomic E-state index is 0.137. The Labute approximate surface area is 168 Å². The van der Waals surface area contributed by atoms with Crippen molar-refractivity contribution in [2.45, 2.75) is 19.8 Å². The highest BCUT2D eigenvalue weighted by atomic mass is 16.5. The number of nitrogens with zero attached hydrogens (tertiary/aromatic N) is 2. The summed E-state index contributed by atoms with van der Waals surface area (Å²) >= 11 is 0. The summed E-state index contributed by atoms with van der Waals surface area (Å²) in [5, 5.41) is 9.15. The van der Waals surface area contributed by atoms with Gasteiger partial charge in [-0.2, -0.15) is 4.98 Å². The second-order valence-corrected chi connectivity index (χ2v) is 6.52. The fraction of sp³-hybridized carbons (Fsp3) is 0.174. The molecule has 1 N–H and O–H groups in total. The predicted molar refractivity (Wildman–Crippen MR) is 112 cm³/mol. The highest BCUT2D eigenvalue weighted by Gasteiger charge is 2.13. The average molecular weight is 387 g/mol. The lowest BCUT2D eigenvalue weighted by atomic mass is 10.0. The molecule has 4 rings (SSSR count). The van der Waals surface area contributed by atoms with Crippen molar-refractivity contribution in [2.75, 3.05) is 11.9 Å². The molecule has 1 amide bonds. The van der Waals surface area contributed by atoms with Gasteiger partial charge in [-0.3, -0.25) is 4.79 Å². The minimum Gasteiger partial charge on any atom is -0.492 e. The number of hydrogen-bond acceptors (Lipinski definition) is 5. The van der Waals surface area contributed by atoms with E-state index in [0.717, 1.165) is 16.3 Å². The predicted octanol–water partition coefficient (Wildman–Crippen LogP) is 4.86. The Hall–Kier alpha value is -3.67. The van der Waals surface area contributed by atoms with Gasteiger partial charge in [0.1, 0.15) is 5.75 Å². The van der Waals surface area contributed by atoms with Gasteiger partial charge in [0.25, 0.3) is 0 Å². The number of hydrogen-bond donors (Lipinski definition) is 1. The lowest BCUT2D eigenvalue weighted by molar-refractivity contribution is -0.116. The third-order valence-corrected chi connectivity index (χ3v) is 4.53. The molecule has 0 radical (unpaired) electrons. The fourth-order valence-corrected chi connectivity index (χ4v) is 3.17. The number of aryl methyl sites for hydroxylation is 1. The Bertz CT molecular complexity index is 1130. The number of rotatable bonds is 7. The lowest BCUT2D eigenvalue weighted by Gasteiger charge is -2.10. The number of aromatic nitrogens is 2. The summed E-state index contributed by atoms with van der Waals surface area (Å²) in [6.45, 7) is 2.44. The van der Waals surface area contributed by atoms with E-state index < -0.39 is 0 Å². The largest absolute Gasteiger partial charge is 0.492 e. The first-order chi connectivity index (χ1) is 14.2. The van der Waals surface area contributed by atoms with Gasteiger partial charge in [0.2, 0.25) is 17.6 Å². The zero-order valence-corrected chi connectivity index (χ0v) is 16.1. The van der Waals surface area contributed by atoms with Crippen molar-refractivity contribution >= 4 is 22.4 Å². The molecule has 0 unspecified atom stereocenters. The van der Waals surface area contributed by atoms with E-state index in [1.54, 1.807) is 0 Å². The van der Waals surface area contributed by atoms with Crippen LogP contribution in [0.15, 0.2) is 71.3 Å². The maximum Gasteiger partial charge on any atom is 0.227 e. The summed E-state index contributed by atoms with van der Waals surface area (Å²) in [7, 11) is 0. The van der Waals surface area contributed by atoms with Crippen LogP contribution >= 0.6 is 0 Å². The Kier molecular flexibility index (Phi) is 5.52. The van der Waals surface area contributed by atoms with E-state index in [1.807, 2.05) is 73.7 Å². The molecule has 1 aromatic heterocycles. The molecule has 0 aliphatic rings. The van der Waals surface area contributed by atoms with E-state index in [1.165, 1.54) is 0 Å². The first-order valence-corrected chi connectivity index (χ1v) is 9.57. The summed E-state index contributed by atoms with van der Waals surface area (Å²) in [5.41, 5.74) is 1.56. The van der Waals surface area contributed by atoms with E-state index in [2.05, 4.69) is 15.5 Å². The molecule has 0 atom stereocenters. The van der Waals surface area contributed by atoms with E-state index in [-0.39, 0.29) is 12.3 Å². The van der Waals surface area contributed by atoms with Gasteiger partial charge in [-0.05, 0) is 29.8 Å². The molecular weight excluding hydrogens is 366 g/mol. The minimum atomic E-state index is -0.137. The second kappa shape index (κ2) is 8.56. The average Bonchev–Trinajstić information content (AvgIpc) is 3.22. The fourth-order valence-electron chi connectivity index (χ4n) is 3.17. The lowest BCUT2D eigenvalue weighted by Crippen LogP contribution is -2.13. The van der Waals surface area contributed by atoms with Gasteiger partial charge in [-0.25, -0.2) is 0 Å². The number of benzene rings is 3. The molecule has 3 aromatic carbocycles. The molecule has 0 fully saturated rings. The Morgan fingerprint density at radius 1 is 1.03 bits per heavy atom. The summed E-state index contributed by atoms with van der Waals surface area (Å²) < 4.78 is 10.9. The van der Waals surface area contributed by atoms with Gasteiger partial charge < -0.3 is 14.6 Å². The molecule has 0 saturated carbocycles. The molecule has 29 heavy (non-hydrogen) atoms. The van der Waals surface area contributed by atoms with Crippen molar-refractivity contribution in [2.24, 2.45) is 0 Å². The Balaban J connectivity index is 1.43. The number of amides is 1. The monoisotopic (exact) mass is 387 g/mol. The Morgan fingerprint density at radius 2 is 1.83 bits per heavy atom. The molecule has 146 valence electrons. The number of fused-ring (bicyclic) bond motifs is 1. The third-order valence-electron chi connectivity index (χ3n) is 4.53. The number of anilines is 1. The molecule has 0 aliphatic carbocycles. The van der Waals surface area contributed by atoms with Crippen LogP contribution in [0.1, 0.15) is 19.2 Å². The standard InChI is InChI=1S/C23H21N3O3/c1-2-28-20-13-6-5-12-19(20)24-21(27)14-15-22-25-23(26-29-22)18-11-7-9-16-8-3-4-10-17(16)18/h3-13H,2,14-15H2,1H3,(H,24,27). The van der Waals surface area contributed by atoms with Crippen molar-refractivity contribution in [3.8, 4) is 17.1 Å². The number of carbonyl (C=O) groups is 1. The first kappa shape index (κ1) is 18.7. The molecule has 6 nitrogen and oxygen atoms in total. The molecule has 1 heterocycles. The van der Waals surface area contributed by atoms with Gasteiger partial charge in [-0.15, -0.1) is 0 Å². The van der Waals surface area contributed by atoms with Crippen LogP contribution in [0.2, 0.25) is 0 Å². The maximum absolute atomic E-state index is 12.3. The number of para-hydroxylation sites is 2. The summed E-state index contributed by atoms with van der Waals surface area (Å²) in [6.07, 6.45) is 0.595. The zero-order valence-electron chi connectivity index (χ0n) is 16.1. The Morgan fingerprint density at radius 3 is 2.72 bits per heavy atom. The molecular formula is C23H21N3O3. The molecule has 0 saturated heterocycles. The molecule has 0 bridgehead atoms.